The van der Waals surface area contributed by atoms with Crippen molar-refractivity contribution in [3.05, 3.63) is 52.8 Å². The number of sulfone groups is 1. The molecular formula is C21H21ClF4N2O4S. The minimum absolute atomic E-state index is 0.137. The molecule has 1 unspecified atom stereocenters. The maximum Gasteiger partial charge on any atom is 0.425 e. The number of benzene rings is 2. The molecule has 1 heterocycles. The molecule has 12 heteroatoms. The van der Waals surface area contributed by atoms with Crippen molar-refractivity contribution < 1.29 is 35.5 Å². The Morgan fingerprint density at radius 1 is 1.09 bits per heavy atom. The zero-order chi connectivity index (χ0) is 24.6. The summed E-state index contributed by atoms with van der Waals surface area (Å²) in [6.45, 7) is 1.57. The first-order chi connectivity index (χ1) is 15.3. The first kappa shape index (κ1) is 25.1. The number of anilines is 1. The molecule has 0 aromatic heterocycles. The van der Waals surface area contributed by atoms with E-state index in [9.17, 15) is 30.8 Å². The highest BCUT2D eigenvalue weighted by Gasteiger charge is 2.39. The number of halogens is 5. The Bertz CT molecular complexity index is 1150. The zero-order valence-electron chi connectivity index (χ0n) is 17.7. The van der Waals surface area contributed by atoms with Gasteiger partial charge in [0.2, 0.25) is 0 Å². The molecule has 0 spiro atoms. The third-order valence-electron chi connectivity index (χ3n) is 5.19. The maximum atomic E-state index is 14.2. The molecule has 3 rings (SSSR count). The van der Waals surface area contributed by atoms with Crippen LogP contribution in [0.1, 0.15) is 17.3 Å². The molecule has 2 aromatic carbocycles. The fourth-order valence-electron chi connectivity index (χ4n) is 3.33. The Kier molecular flexibility index (Phi) is 7.13. The second-order valence-electron chi connectivity index (χ2n) is 7.61. The molecule has 0 aliphatic carbocycles. The van der Waals surface area contributed by atoms with Crippen molar-refractivity contribution in [1.29, 1.82) is 0 Å². The summed E-state index contributed by atoms with van der Waals surface area (Å²) in [7, 11) is -3.73. The highest BCUT2D eigenvalue weighted by atomic mass is 35.5. The fourth-order valence-corrected chi connectivity index (χ4v) is 4.13. The molecule has 0 saturated carbocycles. The summed E-state index contributed by atoms with van der Waals surface area (Å²) in [4.78, 5) is 16.0. The summed E-state index contributed by atoms with van der Waals surface area (Å²) < 4.78 is 82.0. The molecule has 1 amide bonds. The second-order valence-corrected chi connectivity index (χ2v) is 10.1. The summed E-state index contributed by atoms with van der Waals surface area (Å²) >= 11 is 5.78. The monoisotopic (exact) mass is 508 g/mol. The summed E-state index contributed by atoms with van der Waals surface area (Å²) in [5, 5.41) is 0.247. The van der Waals surface area contributed by atoms with E-state index in [1.54, 1.807) is 11.0 Å². The van der Waals surface area contributed by atoms with Crippen LogP contribution in [0.25, 0.3) is 0 Å². The van der Waals surface area contributed by atoms with Crippen LogP contribution in [0.2, 0.25) is 5.02 Å². The first-order valence-corrected chi connectivity index (χ1v) is 12.1. The molecule has 0 bridgehead atoms. The molecule has 33 heavy (non-hydrogen) atoms. The van der Waals surface area contributed by atoms with Crippen LogP contribution in [0.15, 0.2) is 41.3 Å². The van der Waals surface area contributed by atoms with Gasteiger partial charge in [0.25, 0.3) is 5.91 Å². The quantitative estimate of drug-likeness (QED) is 0.567. The molecule has 0 N–H and O–H groups in total. The maximum absolute atomic E-state index is 14.2. The molecule has 1 fully saturated rings. The van der Waals surface area contributed by atoms with Crippen LogP contribution in [-0.4, -0.2) is 63.9 Å². The van der Waals surface area contributed by atoms with Crippen LogP contribution in [0.3, 0.4) is 0 Å². The van der Waals surface area contributed by atoms with Gasteiger partial charge in [0, 0.05) is 37.5 Å². The standard InChI is InChI=1S/C21H21ClF4N2O4S/c1-13(21(24,25)26)32-19-6-4-15(33(2,30)31)12-16(19)20(29)28-9-7-27(8-10-28)18-5-3-14(22)11-17(18)23/h3-6,11-13H,7-10H2,1-2H3. The Balaban J connectivity index is 1.84. The van der Waals surface area contributed by atoms with E-state index in [0.717, 1.165) is 31.4 Å². The fraction of sp³-hybridized carbons (Fsp3) is 0.381. The van der Waals surface area contributed by atoms with Gasteiger partial charge in [-0.3, -0.25) is 4.79 Å². The zero-order valence-corrected chi connectivity index (χ0v) is 19.3. The van der Waals surface area contributed by atoms with E-state index in [2.05, 4.69) is 0 Å². The van der Waals surface area contributed by atoms with Crippen LogP contribution in [0, 0.1) is 5.82 Å². The average Bonchev–Trinajstić information content (AvgIpc) is 2.72. The number of rotatable bonds is 5. The SMILES string of the molecule is CC(Oc1ccc(S(C)(=O)=O)cc1C(=O)N1CCN(c2ccc(Cl)cc2F)CC1)C(F)(F)F. The lowest BCUT2D eigenvalue weighted by molar-refractivity contribution is -0.189. The van der Waals surface area contributed by atoms with E-state index in [0.29, 0.717) is 5.69 Å². The van der Waals surface area contributed by atoms with Gasteiger partial charge >= 0.3 is 6.18 Å². The van der Waals surface area contributed by atoms with Crippen LogP contribution in [0.5, 0.6) is 5.75 Å². The third-order valence-corrected chi connectivity index (χ3v) is 6.54. The number of amides is 1. The van der Waals surface area contributed by atoms with Gasteiger partial charge in [-0.2, -0.15) is 13.2 Å². The number of hydrogen-bond acceptors (Lipinski definition) is 5. The molecular weight excluding hydrogens is 488 g/mol. The van der Waals surface area contributed by atoms with Gasteiger partial charge in [-0.05, 0) is 43.3 Å². The Morgan fingerprint density at radius 3 is 2.27 bits per heavy atom. The van der Waals surface area contributed by atoms with E-state index in [4.69, 9.17) is 16.3 Å². The largest absolute Gasteiger partial charge is 0.480 e. The smallest absolute Gasteiger partial charge is 0.425 e. The minimum Gasteiger partial charge on any atom is -0.480 e. The Labute approximate surface area is 193 Å². The number of carbonyl (C=O) groups excluding carboxylic acids is 1. The van der Waals surface area contributed by atoms with Crippen molar-refractivity contribution in [2.24, 2.45) is 0 Å². The first-order valence-electron chi connectivity index (χ1n) is 9.84. The summed E-state index contributed by atoms with van der Waals surface area (Å²) in [5.74, 6) is -1.57. The van der Waals surface area contributed by atoms with Crippen LogP contribution >= 0.6 is 11.6 Å². The van der Waals surface area contributed by atoms with Crippen molar-refractivity contribution in [3.63, 3.8) is 0 Å². The van der Waals surface area contributed by atoms with E-state index < -0.39 is 33.8 Å². The van der Waals surface area contributed by atoms with E-state index in [-0.39, 0.29) is 47.4 Å². The molecule has 2 aromatic rings. The molecule has 0 radical (unpaired) electrons. The molecule has 180 valence electrons. The summed E-state index contributed by atoms with van der Waals surface area (Å²) in [6.07, 6.45) is -5.96. The average molecular weight is 509 g/mol. The number of alkyl halides is 3. The molecule has 6 nitrogen and oxygen atoms in total. The predicted octanol–water partition coefficient (Wildman–Crippen LogP) is 4.17. The number of hydrogen-bond donors (Lipinski definition) is 0. The van der Waals surface area contributed by atoms with Gasteiger partial charge in [0.05, 0.1) is 16.1 Å². The highest BCUT2D eigenvalue weighted by Crippen LogP contribution is 2.30. The van der Waals surface area contributed by atoms with Gasteiger partial charge in [0.15, 0.2) is 15.9 Å². The lowest BCUT2D eigenvalue weighted by Crippen LogP contribution is -2.49. The van der Waals surface area contributed by atoms with E-state index >= 15 is 0 Å². The van der Waals surface area contributed by atoms with Crippen molar-refractivity contribution in [2.75, 3.05) is 37.3 Å². The number of nitrogens with zero attached hydrogens (tertiary/aromatic N) is 2. The van der Waals surface area contributed by atoms with Crippen molar-refractivity contribution >= 4 is 33.0 Å². The van der Waals surface area contributed by atoms with Gasteiger partial charge in [-0.1, -0.05) is 11.6 Å². The molecule has 1 aliphatic heterocycles. The molecule has 1 atom stereocenters. The van der Waals surface area contributed by atoms with Crippen molar-refractivity contribution in [3.8, 4) is 5.75 Å². The topological polar surface area (TPSA) is 66.9 Å². The lowest BCUT2D eigenvalue weighted by Gasteiger charge is -2.36. The van der Waals surface area contributed by atoms with Gasteiger partial charge < -0.3 is 14.5 Å². The lowest BCUT2D eigenvalue weighted by atomic mass is 10.1. The van der Waals surface area contributed by atoms with E-state index in [1.807, 2.05) is 0 Å². The number of carbonyl (C=O) groups is 1. The van der Waals surface area contributed by atoms with Gasteiger partial charge in [-0.25, -0.2) is 12.8 Å². The molecule has 1 saturated heterocycles. The normalized spacial score (nSPS) is 16.0. The number of piperazine rings is 1. The van der Waals surface area contributed by atoms with E-state index in [1.165, 1.54) is 17.0 Å². The van der Waals surface area contributed by atoms with Crippen LogP contribution in [0.4, 0.5) is 23.2 Å². The summed E-state index contributed by atoms with van der Waals surface area (Å²) in [5.41, 5.74) is 0.0220. The second kappa shape index (κ2) is 9.38. The van der Waals surface area contributed by atoms with Crippen LogP contribution in [-0.2, 0) is 9.84 Å². The van der Waals surface area contributed by atoms with Gasteiger partial charge in [0.1, 0.15) is 11.6 Å². The van der Waals surface area contributed by atoms with Crippen molar-refractivity contribution in [2.45, 2.75) is 24.1 Å². The predicted molar refractivity (Wildman–Crippen MR) is 115 cm³/mol. The highest BCUT2D eigenvalue weighted by molar-refractivity contribution is 7.90. The Morgan fingerprint density at radius 2 is 1.73 bits per heavy atom. The minimum atomic E-state index is -4.68. The summed E-state index contributed by atoms with van der Waals surface area (Å²) in [6, 6.07) is 7.39. The Hall–Kier alpha value is -2.53. The van der Waals surface area contributed by atoms with Gasteiger partial charge in [-0.15, -0.1) is 0 Å². The van der Waals surface area contributed by atoms with Crippen molar-refractivity contribution in [1.82, 2.24) is 4.90 Å². The third kappa shape index (κ3) is 5.89. The number of ether oxygens (including phenoxy) is 1. The molecule has 1 aliphatic rings. The van der Waals surface area contributed by atoms with Crippen LogP contribution < -0.4 is 9.64 Å².